The molecule has 3 atom stereocenters. The van der Waals surface area contributed by atoms with Gasteiger partial charge >= 0.3 is 0 Å². The number of rotatable bonds is 4. The van der Waals surface area contributed by atoms with Crippen LogP contribution in [0.15, 0.2) is 42.5 Å². The molecule has 0 aliphatic heterocycles. The van der Waals surface area contributed by atoms with Gasteiger partial charge in [0.1, 0.15) is 5.82 Å². The number of aliphatic hydroxyl groups is 2. The zero-order valence-corrected chi connectivity index (χ0v) is 14.1. The van der Waals surface area contributed by atoms with Gasteiger partial charge < -0.3 is 15.1 Å². The van der Waals surface area contributed by atoms with Crippen molar-refractivity contribution in [1.29, 1.82) is 0 Å². The Hall–Kier alpha value is -1.75. The molecule has 0 amide bonds. The molecule has 1 aliphatic rings. The second-order valence-corrected chi connectivity index (χ2v) is 6.92. The molecule has 0 spiro atoms. The maximum absolute atomic E-state index is 13.7. The molecule has 0 unspecified atom stereocenters. The van der Waals surface area contributed by atoms with Crippen molar-refractivity contribution in [2.75, 3.05) is 20.6 Å². The van der Waals surface area contributed by atoms with Gasteiger partial charge in [-0.25, -0.2) is 4.39 Å². The summed E-state index contributed by atoms with van der Waals surface area (Å²) in [7, 11) is 3.82. The third-order valence-electron chi connectivity index (χ3n) is 4.75. The average molecular weight is 329 g/mol. The molecule has 2 N–H and O–H groups in total. The van der Waals surface area contributed by atoms with Crippen molar-refractivity contribution in [1.82, 2.24) is 4.90 Å². The smallest absolute Gasteiger partial charge is 0.123 e. The Labute approximate surface area is 142 Å². The van der Waals surface area contributed by atoms with Gasteiger partial charge in [-0.3, -0.25) is 0 Å². The summed E-state index contributed by atoms with van der Waals surface area (Å²) >= 11 is 0. The van der Waals surface area contributed by atoms with Gasteiger partial charge in [0, 0.05) is 12.5 Å². The van der Waals surface area contributed by atoms with Crippen LogP contribution in [0.25, 0.3) is 0 Å². The monoisotopic (exact) mass is 329 g/mol. The Bertz CT molecular complexity index is 717. The first-order chi connectivity index (χ1) is 11.5. The van der Waals surface area contributed by atoms with Gasteiger partial charge in [-0.05, 0) is 61.3 Å². The molecule has 128 valence electrons. The van der Waals surface area contributed by atoms with Crippen molar-refractivity contribution in [2.45, 2.75) is 31.0 Å². The Morgan fingerprint density at radius 2 is 1.83 bits per heavy atom. The van der Waals surface area contributed by atoms with Crippen LogP contribution in [-0.4, -0.2) is 41.9 Å². The quantitative estimate of drug-likeness (QED) is 0.906. The van der Waals surface area contributed by atoms with Gasteiger partial charge in [0.25, 0.3) is 0 Å². The summed E-state index contributed by atoms with van der Waals surface area (Å²) in [5, 5.41) is 21.3. The van der Waals surface area contributed by atoms with Gasteiger partial charge in [0.05, 0.1) is 12.2 Å². The molecular weight excluding hydrogens is 305 g/mol. The highest BCUT2D eigenvalue weighted by molar-refractivity contribution is 5.44. The van der Waals surface area contributed by atoms with E-state index >= 15 is 0 Å². The fourth-order valence-corrected chi connectivity index (χ4v) is 3.70. The lowest BCUT2D eigenvalue weighted by molar-refractivity contribution is 0.0787. The predicted molar refractivity (Wildman–Crippen MR) is 92.5 cm³/mol. The lowest BCUT2D eigenvalue weighted by atomic mass is 9.84. The molecule has 0 aromatic heterocycles. The van der Waals surface area contributed by atoms with Crippen LogP contribution in [0.4, 0.5) is 4.39 Å². The molecule has 3 nitrogen and oxygen atoms in total. The molecule has 0 heterocycles. The standard InChI is InChI=1S/C20H24FNO2/c1-22(2)12-16(23)11-19-17-6-4-3-5-13(17)9-14-7-8-15(21)10-18(14)20(19)24/h3-8,10,16,19-20,23-24H,9,11-12H2,1-2H3/t16-,19+,20+/m0/s1. The lowest BCUT2D eigenvalue weighted by Gasteiger charge is -2.27. The van der Waals surface area contributed by atoms with Gasteiger partial charge in [0.2, 0.25) is 0 Å². The van der Waals surface area contributed by atoms with Crippen molar-refractivity contribution in [3.8, 4) is 0 Å². The van der Waals surface area contributed by atoms with E-state index < -0.39 is 12.2 Å². The fraction of sp³-hybridized carbons (Fsp3) is 0.400. The normalized spacial score (nSPS) is 21.1. The van der Waals surface area contributed by atoms with Gasteiger partial charge in [0.15, 0.2) is 0 Å². The van der Waals surface area contributed by atoms with Crippen molar-refractivity contribution < 1.29 is 14.6 Å². The zero-order valence-electron chi connectivity index (χ0n) is 14.1. The number of fused-ring (bicyclic) bond motifs is 2. The lowest BCUT2D eigenvalue weighted by Crippen LogP contribution is -2.28. The summed E-state index contributed by atoms with van der Waals surface area (Å²) in [6.45, 7) is 0.529. The highest BCUT2D eigenvalue weighted by Crippen LogP contribution is 2.41. The van der Waals surface area contributed by atoms with Crippen LogP contribution in [0.3, 0.4) is 0 Å². The van der Waals surface area contributed by atoms with Crippen LogP contribution in [0.5, 0.6) is 0 Å². The van der Waals surface area contributed by atoms with Crippen molar-refractivity contribution in [3.63, 3.8) is 0 Å². The third-order valence-corrected chi connectivity index (χ3v) is 4.75. The van der Waals surface area contributed by atoms with Crippen LogP contribution in [0.1, 0.15) is 40.7 Å². The third kappa shape index (κ3) is 3.51. The summed E-state index contributed by atoms with van der Waals surface area (Å²) in [5.74, 6) is -0.592. The first-order valence-corrected chi connectivity index (χ1v) is 8.32. The highest BCUT2D eigenvalue weighted by Gasteiger charge is 2.31. The Kier molecular flexibility index (Phi) is 4.99. The number of hydrogen-bond donors (Lipinski definition) is 2. The summed E-state index contributed by atoms with van der Waals surface area (Å²) in [4.78, 5) is 1.92. The molecule has 3 rings (SSSR count). The number of nitrogens with zero attached hydrogens (tertiary/aromatic N) is 1. The number of likely N-dealkylation sites (N-methyl/N-ethyl adjacent to an activating group) is 1. The zero-order chi connectivity index (χ0) is 17.3. The summed E-state index contributed by atoms with van der Waals surface area (Å²) in [5.41, 5.74) is 3.75. The second kappa shape index (κ2) is 7.01. The van der Waals surface area contributed by atoms with E-state index in [-0.39, 0.29) is 11.7 Å². The minimum atomic E-state index is -0.823. The van der Waals surface area contributed by atoms with Crippen LogP contribution < -0.4 is 0 Å². The molecule has 2 aromatic carbocycles. The van der Waals surface area contributed by atoms with Crippen molar-refractivity contribution in [3.05, 3.63) is 70.5 Å². The number of aliphatic hydroxyl groups excluding tert-OH is 2. The van der Waals surface area contributed by atoms with Crippen molar-refractivity contribution in [2.24, 2.45) is 0 Å². The molecule has 0 fully saturated rings. The average Bonchev–Trinajstić information content (AvgIpc) is 2.63. The van der Waals surface area contributed by atoms with E-state index in [0.29, 0.717) is 24.9 Å². The predicted octanol–water partition coefficient (Wildman–Crippen LogP) is 2.86. The van der Waals surface area contributed by atoms with Crippen molar-refractivity contribution >= 4 is 0 Å². The maximum Gasteiger partial charge on any atom is 0.123 e. The van der Waals surface area contributed by atoms with Crippen LogP contribution in [0, 0.1) is 5.82 Å². The van der Waals surface area contributed by atoms with E-state index in [0.717, 1.165) is 16.7 Å². The first-order valence-electron chi connectivity index (χ1n) is 8.32. The van der Waals surface area contributed by atoms with Gasteiger partial charge in [-0.15, -0.1) is 0 Å². The highest BCUT2D eigenvalue weighted by atomic mass is 19.1. The van der Waals surface area contributed by atoms with Crippen LogP contribution in [0.2, 0.25) is 0 Å². The molecule has 1 aliphatic carbocycles. The van der Waals surface area contributed by atoms with E-state index in [1.165, 1.54) is 12.1 Å². The second-order valence-electron chi connectivity index (χ2n) is 6.92. The van der Waals surface area contributed by atoms with E-state index in [1.54, 1.807) is 6.07 Å². The SMILES string of the molecule is CN(C)C[C@@H](O)C[C@@H]1c2ccccc2Cc2ccc(F)cc2[C@H]1O. The fourth-order valence-electron chi connectivity index (χ4n) is 3.70. The summed E-state index contributed by atoms with van der Waals surface area (Å²) in [6, 6.07) is 12.6. The number of benzene rings is 2. The molecule has 0 bridgehead atoms. The molecular formula is C20H24FNO2. The molecule has 0 saturated carbocycles. The van der Waals surface area contributed by atoms with Crippen LogP contribution in [-0.2, 0) is 6.42 Å². The summed E-state index contributed by atoms with van der Waals surface area (Å²) < 4.78 is 13.7. The van der Waals surface area contributed by atoms with E-state index in [4.69, 9.17) is 0 Å². The number of halogens is 1. The Morgan fingerprint density at radius 1 is 1.12 bits per heavy atom. The Morgan fingerprint density at radius 3 is 2.58 bits per heavy atom. The molecule has 24 heavy (non-hydrogen) atoms. The molecule has 0 saturated heterocycles. The minimum absolute atomic E-state index is 0.251. The van der Waals surface area contributed by atoms with E-state index in [9.17, 15) is 14.6 Å². The van der Waals surface area contributed by atoms with E-state index in [2.05, 4.69) is 0 Å². The largest absolute Gasteiger partial charge is 0.392 e. The minimum Gasteiger partial charge on any atom is -0.392 e. The maximum atomic E-state index is 13.7. The molecule has 4 heteroatoms. The van der Waals surface area contributed by atoms with E-state index in [1.807, 2.05) is 43.3 Å². The van der Waals surface area contributed by atoms with Crippen LogP contribution >= 0.6 is 0 Å². The van der Waals surface area contributed by atoms with Gasteiger partial charge in [-0.1, -0.05) is 30.3 Å². The Balaban J connectivity index is 2.01. The first kappa shape index (κ1) is 17.1. The summed E-state index contributed by atoms with van der Waals surface area (Å²) in [6.07, 6.45) is -0.269. The van der Waals surface area contributed by atoms with Gasteiger partial charge in [-0.2, -0.15) is 0 Å². The molecule has 2 aromatic rings. The molecule has 0 radical (unpaired) electrons. The topological polar surface area (TPSA) is 43.7 Å². The number of hydrogen-bond acceptors (Lipinski definition) is 3.